The maximum atomic E-state index is 12.7. The maximum absolute atomic E-state index is 12.7. The molecule has 0 atom stereocenters. The number of alkyl halides is 4. The van der Waals surface area contributed by atoms with Crippen LogP contribution in [-0.4, -0.2) is 11.7 Å². The van der Waals surface area contributed by atoms with Gasteiger partial charge in [0, 0.05) is 5.56 Å². The fourth-order valence-corrected chi connectivity index (χ4v) is 1.58. The number of ketones is 1. The summed E-state index contributed by atoms with van der Waals surface area (Å²) in [7, 11) is 0. The van der Waals surface area contributed by atoms with E-state index in [4.69, 9.17) is 16.9 Å². The molecular formula is C11H7ClF3NO. The average molecular weight is 262 g/mol. The van der Waals surface area contributed by atoms with Crippen molar-refractivity contribution in [3.05, 3.63) is 34.4 Å². The molecule has 0 aliphatic heterocycles. The molecule has 0 aliphatic carbocycles. The Morgan fingerprint density at radius 1 is 1.47 bits per heavy atom. The zero-order valence-corrected chi connectivity index (χ0v) is 9.49. The summed E-state index contributed by atoms with van der Waals surface area (Å²) in [5.41, 5.74) is -1.56. The van der Waals surface area contributed by atoms with Crippen LogP contribution in [0.1, 0.15) is 27.0 Å². The summed E-state index contributed by atoms with van der Waals surface area (Å²) in [5.74, 6) is -1.06. The molecule has 0 aromatic heterocycles. The molecule has 1 aromatic carbocycles. The molecule has 0 aliphatic rings. The first-order chi connectivity index (χ1) is 7.81. The van der Waals surface area contributed by atoms with Gasteiger partial charge >= 0.3 is 6.18 Å². The molecule has 2 nitrogen and oxygen atoms in total. The lowest BCUT2D eigenvalue weighted by Gasteiger charge is -2.13. The monoisotopic (exact) mass is 261 g/mol. The Kier molecular flexibility index (Phi) is 3.79. The highest BCUT2D eigenvalue weighted by Crippen LogP contribution is 2.34. The minimum absolute atomic E-state index is 0.161. The number of carbonyl (C=O) groups is 1. The number of hydrogen-bond acceptors (Lipinski definition) is 2. The molecule has 6 heteroatoms. The molecule has 0 amide bonds. The van der Waals surface area contributed by atoms with E-state index in [-0.39, 0.29) is 16.7 Å². The molecule has 0 saturated heterocycles. The van der Waals surface area contributed by atoms with Crippen LogP contribution >= 0.6 is 11.6 Å². The van der Waals surface area contributed by atoms with Crippen molar-refractivity contribution in [1.82, 2.24) is 0 Å². The predicted molar refractivity (Wildman–Crippen MR) is 55.9 cm³/mol. The van der Waals surface area contributed by atoms with Crippen molar-refractivity contribution in [3.8, 4) is 6.07 Å². The van der Waals surface area contributed by atoms with E-state index in [0.29, 0.717) is 0 Å². The predicted octanol–water partition coefficient (Wildman–Crippen LogP) is 3.31. The highest BCUT2D eigenvalue weighted by atomic mass is 35.5. The summed E-state index contributed by atoms with van der Waals surface area (Å²) in [6.45, 7) is 1.18. The van der Waals surface area contributed by atoms with Crippen molar-refractivity contribution >= 4 is 17.4 Å². The first kappa shape index (κ1) is 13.5. The van der Waals surface area contributed by atoms with Crippen LogP contribution in [0.25, 0.3) is 0 Å². The fourth-order valence-electron chi connectivity index (χ4n) is 1.43. The van der Waals surface area contributed by atoms with E-state index in [9.17, 15) is 18.0 Å². The van der Waals surface area contributed by atoms with E-state index in [2.05, 4.69) is 0 Å². The van der Waals surface area contributed by atoms with Gasteiger partial charge < -0.3 is 0 Å². The third kappa shape index (κ3) is 2.77. The van der Waals surface area contributed by atoms with Gasteiger partial charge in [-0.05, 0) is 24.6 Å². The van der Waals surface area contributed by atoms with Crippen molar-refractivity contribution in [1.29, 1.82) is 5.26 Å². The Morgan fingerprint density at radius 2 is 2.06 bits per heavy atom. The molecule has 1 rings (SSSR count). The third-order valence-corrected chi connectivity index (χ3v) is 2.51. The van der Waals surface area contributed by atoms with E-state index in [0.717, 1.165) is 12.1 Å². The zero-order chi connectivity index (χ0) is 13.2. The van der Waals surface area contributed by atoms with E-state index in [1.165, 1.54) is 6.92 Å². The SMILES string of the molecule is Cc1c(C(=O)CCl)cc(C#N)cc1C(F)(F)F. The fraction of sp³-hybridized carbons (Fsp3) is 0.273. The Bertz CT molecular complexity index is 503. The summed E-state index contributed by atoms with van der Waals surface area (Å²) in [6, 6.07) is 3.43. The average Bonchev–Trinajstić information content (AvgIpc) is 2.26. The minimum atomic E-state index is -4.60. The quantitative estimate of drug-likeness (QED) is 0.605. The second-order valence-electron chi connectivity index (χ2n) is 3.36. The molecule has 0 heterocycles. The first-order valence-corrected chi connectivity index (χ1v) is 5.05. The van der Waals surface area contributed by atoms with Gasteiger partial charge in [-0.3, -0.25) is 4.79 Å². The third-order valence-electron chi connectivity index (χ3n) is 2.26. The van der Waals surface area contributed by atoms with Gasteiger partial charge in [0.1, 0.15) is 0 Å². The maximum Gasteiger partial charge on any atom is 0.416 e. The standard InChI is InChI=1S/C11H7ClF3NO/c1-6-8(10(17)4-12)2-7(5-16)3-9(6)11(13,14)15/h2-3H,4H2,1H3. The van der Waals surface area contributed by atoms with Crippen molar-refractivity contribution < 1.29 is 18.0 Å². The number of rotatable bonds is 2. The highest BCUT2D eigenvalue weighted by Gasteiger charge is 2.34. The van der Waals surface area contributed by atoms with Crippen LogP contribution in [-0.2, 0) is 6.18 Å². The lowest BCUT2D eigenvalue weighted by atomic mass is 9.96. The number of benzene rings is 1. The van der Waals surface area contributed by atoms with Crippen LogP contribution in [0.5, 0.6) is 0 Å². The Balaban J connectivity index is 3.54. The molecule has 1 aromatic rings. The van der Waals surface area contributed by atoms with Crippen molar-refractivity contribution in [2.75, 3.05) is 5.88 Å². The van der Waals surface area contributed by atoms with Crippen molar-refractivity contribution in [2.24, 2.45) is 0 Å². The molecule has 0 fully saturated rings. The normalized spacial score (nSPS) is 11.1. The summed E-state index contributed by atoms with van der Waals surface area (Å²) >= 11 is 5.31. The van der Waals surface area contributed by atoms with Gasteiger partial charge in [0.05, 0.1) is 23.1 Å². The van der Waals surface area contributed by atoms with Gasteiger partial charge in [-0.1, -0.05) is 0 Å². The lowest BCUT2D eigenvalue weighted by molar-refractivity contribution is -0.138. The summed E-state index contributed by atoms with van der Waals surface area (Å²) < 4.78 is 38.0. The van der Waals surface area contributed by atoms with Gasteiger partial charge in [-0.25, -0.2) is 0 Å². The smallest absolute Gasteiger partial charge is 0.293 e. The summed E-state index contributed by atoms with van der Waals surface area (Å²) in [4.78, 5) is 11.4. The Labute approximate surface area is 101 Å². The van der Waals surface area contributed by atoms with Crippen LogP contribution in [0, 0.1) is 18.3 Å². The minimum Gasteiger partial charge on any atom is -0.293 e. The Morgan fingerprint density at radius 3 is 2.47 bits per heavy atom. The number of hydrogen-bond donors (Lipinski definition) is 0. The molecular weight excluding hydrogens is 255 g/mol. The van der Waals surface area contributed by atoms with Gasteiger partial charge in [-0.2, -0.15) is 18.4 Å². The number of halogens is 4. The number of nitrogens with zero attached hydrogens (tertiary/aromatic N) is 1. The van der Waals surface area contributed by atoms with Crippen LogP contribution < -0.4 is 0 Å². The Hall–Kier alpha value is -1.54. The lowest BCUT2D eigenvalue weighted by Crippen LogP contribution is -2.13. The van der Waals surface area contributed by atoms with Crippen LogP contribution in [0.4, 0.5) is 13.2 Å². The largest absolute Gasteiger partial charge is 0.416 e. The van der Waals surface area contributed by atoms with Gasteiger partial charge in [0.25, 0.3) is 0 Å². The first-order valence-electron chi connectivity index (χ1n) is 4.52. The van der Waals surface area contributed by atoms with Gasteiger partial charge in [0.15, 0.2) is 5.78 Å². The second kappa shape index (κ2) is 4.76. The second-order valence-corrected chi connectivity index (χ2v) is 3.63. The molecule has 0 N–H and O–H groups in total. The molecule has 0 spiro atoms. The molecule has 90 valence electrons. The van der Waals surface area contributed by atoms with E-state index in [1.807, 2.05) is 0 Å². The topological polar surface area (TPSA) is 40.9 Å². The van der Waals surface area contributed by atoms with Crippen molar-refractivity contribution in [3.63, 3.8) is 0 Å². The van der Waals surface area contributed by atoms with Crippen LogP contribution in [0.3, 0.4) is 0 Å². The number of carbonyl (C=O) groups excluding carboxylic acids is 1. The van der Waals surface area contributed by atoms with Crippen LogP contribution in [0.2, 0.25) is 0 Å². The molecule has 0 unspecified atom stereocenters. The van der Waals surface area contributed by atoms with Gasteiger partial charge in [0.2, 0.25) is 0 Å². The van der Waals surface area contributed by atoms with E-state index >= 15 is 0 Å². The van der Waals surface area contributed by atoms with E-state index < -0.39 is 23.4 Å². The van der Waals surface area contributed by atoms with Gasteiger partial charge in [-0.15, -0.1) is 11.6 Å². The molecule has 0 saturated carbocycles. The summed E-state index contributed by atoms with van der Waals surface area (Å²) in [5, 5.41) is 8.64. The van der Waals surface area contributed by atoms with Crippen molar-refractivity contribution in [2.45, 2.75) is 13.1 Å². The molecule has 0 radical (unpaired) electrons. The molecule has 0 bridgehead atoms. The van der Waals surface area contributed by atoms with Crippen LogP contribution in [0.15, 0.2) is 12.1 Å². The van der Waals surface area contributed by atoms with E-state index in [1.54, 1.807) is 6.07 Å². The molecule has 17 heavy (non-hydrogen) atoms. The summed E-state index contributed by atoms with van der Waals surface area (Å²) in [6.07, 6.45) is -4.60. The zero-order valence-electron chi connectivity index (χ0n) is 8.73. The number of Topliss-reactive ketones (excluding diaryl/α,β-unsaturated/α-hetero) is 1. The highest BCUT2D eigenvalue weighted by molar-refractivity contribution is 6.30. The number of nitriles is 1.